The minimum absolute atomic E-state index is 0.768. The van der Waals surface area contributed by atoms with Crippen LogP contribution in [0.15, 0.2) is 0 Å². The number of aliphatic hydroxyl groups is 3. The van der Waals surface area contributed by atoms with Gasteiger partial charge in [-0.1, -0.05) is 0 Å². The van der Waals surface area contributed by atoms with Gasteiger partial charge in [0.15, 0.2) is 0 Å². The van der Waals surface area contributed by atoms with Crippen molar-refractivity contribution in [1.82, 2.24) is 20.9 Å². The lowest BCUT2D eigenvalue weighted by Crippen LogP contribution is -2.42. The van der Waals surface area contributed by atoms with Crippen LogP contribution >= 0.6 is 0 Å². The highest BCUT2D eigenvalue weighted by Crippen LogP contribution is 2.01. The molecule has 0 radical (unpaired) electrons. The van der Waals surface area contributed by atoms with E-state index in [1.165, 1.54) is 0 Å². The minimum Gasteiger partial charge on any atom is -0.376 e. The average molecular weight is 363 g/mol. The van der Waals surface area contributed by atoms with Gasteiger partial charge in [-0.05, 0) is 100 Å². The van der Waals surface area contributed by atoms with E-state index in [9.17, 15) is 15.3 Å². The highest BCUT2D eigenvalue weighted by atomic mass is 16.3. The van der Waals surface area contributed by atoms with Gasteiger partial charge >= 0.3 is 0 Å². The first-order valence-electron chi connectivity index (χ1n) is 9.43. The van der Waals surface area contributed by atoms with Crippen LogP contribution < -0.4 is 16.0 Å². The lowest BCUT2D eigenvalue weighted by atomic mass is 10.2. The molecular formula is C18H42N4O3. The standard InChI is InChI=1S/C18H42N4O3/c1-16(2,23)19-10-7-13-22(14-8-11-20-17(3,4)24)15-9-12-21-18(5,6)25/h19-21,23-25H,7-15H2,1-6H3. The highest BCUT2D eigenvalue weighted by molar-refractivity contribution is 4.68. The number of hydrogen-bond donors (Lipinski definition) is 6. The van der Waals surface area contributed by atoms with Gasteiger partial charge in [0.1, 0.15) is 17.2 Å². The summed E-state index contributed by atoms with van der Waals surface area (Å²) in [5.74, 6) is 0. The second kappa shape index (κ2) is 11.4. The zero-order chi connectivity index (χ0) is 19.6. The van der Waals surface area contributed by atoms with Gasteiger partial charge in [-0.25, -0.2) is 0 Å². The summed E-state index contributed by atoms with van der Waals surface area (Å²) in [7, 11) is 0. The zero-order valence-corrected chi connectivity index (χ0v) is 17.2. The molecule has 7 nitrogen and oxygen atoms in total. The fourth-order valence-electron chi connectivity index (χ4n) is 2.43. The Morgan fingerprint density at radius 1 is 0.560 bits per heavy atom. The Balaban J connectivity index is 4.12. The predicted octanol–water partition coefficient (Wildman–Crippen LogP) is 0.413. The van der Waals surface area contributed by atoms with E-state index in [0.29, 0.717) is 0 Å². The summed E-state index contributed by atoms with van der Waals surface area (Å²) < 4.78 is 0. The molecule has 0 saturated carbocycles. The molecule has 0 rings (SSSR count). The monoisotopic (exact) mass is 362 g/mol. The molecule has 0 aromatic heterocycles. The predicted molar refractivity (Wildman–Crippen MR) is 103 cm³/mol. The van der Waals surface area contributed by atoms with Gasteiger partial charge in [-0.2, -0.15) is 0 Å². The molecule has 0 amide bonds. The van der Waals surface area contributed by atoms with E-state index in [2.05, 4.69) is 20.9 Å². The Labute approximate surface area is 154 Å². The van der Waals surface area contributed by atoms with Gasteiger partial charge in [-0.15, -0.1) is 0 Å². The van der Waals surface area contributed by atoms with Crippen LogP contribution in [0.5, 0.6) is 0 Å². The van der Waals surface area contributed by atoms with E-state index in [1.54, 1.807) is 41.5 Å². The quantitative estimate of drug-likeness (QED) is 0.185. The minimum atomic E-state index is -0.835. The Bertz CT molecular complexity index is 280. The first-order valence-corrected chi connectivity index (χ1v) is 9.43. The number of rotatable bonds is 15. The molecule has 0 aliphatic heterocycles. The molecule has 0 aliphatic carbocycles. The molecule has 0 aromatic carbocycles. The molecule has 152 valence electrons. The van der Waals surface area contributed by atoms with Gasteiger partial charge in [0.2, 0.25) is 0 Å². The normalized spacial score (nSPS) is 13.7. The van der Waals surface area contributed by atoms with Gasteiger partial charge in [0, 0.05) is 0 Å². The van der Waals surface area contributed by atoms with Crippen LogP contribution in [0.4, 0.5) is 0 Å². The van der Waals surface area contributed by atoms with Crippen molar-refractivity contribution in [2.75, 3.05) is 39.3 Å². The van der Waals surface area contributed by atoms with Crippen LogP contribution in [0.3, 0.4) is 0 Å². The van der Waals surface area contributed by atoms with Crippen molar-refractivity contribution in [2.45, 2.75) is 78.0 Å². The summed E-state index contributed by atoms with van der Waals surface area (Å²) in [6.07, 6.45) is 2.88. The van der Waals surface area contributed by atoms with Gasteiger partial charge in [0.25, 0.3) is 0 Å². The third kappa shape index (κ3) is 19.9. The molecule has 0 aliphatic rings. The van der Waals surface area contributed by atoms with E-state index in [1.807, 2.05) is 0 Å². The van der Waals surface area contributed by atoms with Crippen molar-refractivity contribution < 1.29 is 15.3 Å². The molecular weight excluding hydrogens is 320 g/mol. The van der Waals surface area contributed by atoms with Crippen molar-refractivity contribution in [3.8, 4) is 0 Å². The maximum absolute atomic E-state index is 9.69. The maximum Gasteiger partial charge on any atom is 0.110 e. The van der Waals surface area contributed by atoms with Crippen LogP contribution in [-0.2, 0) is 0 Å². The third-order valence-electron chi connectivity index (χ3n) is 3.63. The van der Waals surface area contributed by atoms with E-state index >= 15 is 0 Å². The lowest BCUT2D eigenvalue weighted by Gasteiger charge is -2.26. The first-order chi connectivity index (χ1) is 11.3. The van der Waals surface area contributed by atoms with Crippen molar-refractivity contribution >= 4 is 0 Å². The third-order valence-corrected chi connectivity index (χ3v) is 3.63. The van der Waals surface area contributed by atoms with Crippen molar-refractivity contribution in [2.24, 2.45) is 0 Å². The summed E-state index contributed by atoms with van der Waals surface area (Å²) in [6, 6.07) is 0. The SMILES string of the molecule is CC(C)(O)NCCCN(CCCNC(C)(C)O)CCCNC(C)(C)O. The van der Waals surface area contributed by atoms with E-state index in [-0.39, 0.29) is 0 Å². The van der Waals surface area contributed by atoms with Crippen LogP contribution in [-0.4, -0.2) is 76.7 Å². The summed E-state index contributed by atoms with van der Waals surface area (Å²) in [5, 5.41) is 38.3. The highest BCUT2D eigenvalue weighted by Gasteiger charge is 2.13. The Morgan fingerprint density at radius 2 is 0.800 bits per heavy atom. The molecule has 0 heterocycles. The van der Waals surface area contributed by atoms with E-state index in [0.717, 1.165) is 58.5 Å². The van der Waals surface area contributed by atoms with E-state index in [4.69, 9.17) is 0 Å². The molecule has 7 heteroatoms. The van der Waals surface area contributed by atoms with Crippen LogP contribution in [0.1, 0.15) is 60.8 Å². The summed E-state index contributed by atoms with van der Waals surface area (Å²) in [6.45, 7) is 15.6. The lowest BCUT2D eigenvalue weighted by molar-refractivity contribution is 0.0413. The average Bonchev–Trinajstić information content (AvgIpc) is 2.40. The molecule has 0 bridgehead atoms. The smallest absolute Gasteiger partial charge is 0.110 e. The van der Waals surface area contributed by atoms with Crippen molar-refractivity contribution in [3.63, 3.8) is 0 Å². The number of nitrogens with zero attached hydrogens (tertiary/aromatic N) is 1. The topological polar surface area (TPSA) is 100 Å². The molecule has 0 saturated heterocycles. The van der Waals surface area contributed by atoms with Crippen LogP contribution in [0, 0.1) is 0 Å². The Hall–Kier alpha value is -0.280. The maximum atomic E-state index is 9.69. The molecule has 0 unspecified atom stereocenters. The fraction of sp³-hybridized carbons (Fsp3) is 1.00. The van der Waals surface area contributed by atoms with Gasteiger partial charge in [-0.3, -0.25) is 16.0 Å². The van der Waals surface area contributed by atoms with Gasteiger partial charge < -0.3 is 20.2 Å². The van der Waals surface area contributed by atoms with Crippen molar-refractivity contribution in [1.29, 1.82) is 0 Å². The summed E-state index contributed by atoms with van der Waals surface area (Å²) in [4.78, 5) is 2.39. The van der Waals surface area contributed by atoms with Gasteiger partial charge in [0.05, 0.1) is 0 Å². The Morgan fingerprint density at radius 3 is 1.00 bits per heavy atom. The molecule has 0 aromatic rings. The molecule has 0 fully saturated rings. The largest absolute Gasteiger partial charge is 0.376 e. The van der Waals surface area contributed by atoms with Crippen LogP contribution in [0.2, 0.25) is 0 Å². The molecule has 0 spiro atoms. The zero-order valence-electron chi connectivity index (χ0n) is 17.2. The summed E-state index contributed by atoms with van der Waals surface area (Å²) >= 11 is 0. The Kier molecular flexibility index (Phi) is 11.3. The molecule has 0 atom stereocenters. The van der Waals surface area contributed by atoms with Crippen molar-refractivity contribution in [3.05, 3.63) is 0 Å². The first kappa shape index (κ1) is 24.7. The fourth-order valence-corrected chi connectivity index (χ4v) is 2.43. The second-order valence-corrected chi connectivity index (χ2v) is 8.36. The van der Waals surface area contributed by atoms with E-state index < -0.39 is 17.2 Å². The molecule has 6 N–H and O–H groups in total. The number of hydrogen-bond acceptors (Lipinski definition) is 7. The second-order valence-electron chi connectivity index (χ2n) is 8.36. The summed E-state index contributed by atoms with van der Waals surface area (Å²) in [5.41, 5.74) is -2.51. The number of nitrogens with one attached hydrogen (secondary N) is 3. The molecule has 25 heavy (non-hydrogen) atoms. The van der Waals surface area contributed by atoms with Crippen LogP contribution in [0.25, 0.3) is 0 Å².